The molecule has 0 aliphatic rings. The first-order valence-electron chi connectivity index (χ1n) is 4.36. The molecule has 80 valence electrons. The normalized spacial score (nSPS) is 9.60. The summed E-state index contributed by atoms with van der Waals surface area (Å²) < 4.78 is 0. The van der Waals surface area contributed by atoms with E-state index in [2.05, 4.69) is 11.5 Å². The molecule has 0 aromatic heterocycles. The van der Waals surface area contributed by atoms with Gasteiger partial charge in [0, 0.05) is 12.1 Å². The van der Waals surface area contributed by atoms with E-state index in [4.69, 9.17) is 4.89 Å². The second-order valence-corrected chi connectivity index (χ2v) is 2.76. The molecular formula is C10H11NO4. The second kappa shape index (κ2) is 5.77. The molecule has 1 rings (SSSR count). The highest BCUT2D eigenvalue weighted by Crippen LogP contribution is 2.12. The average Bonchev–Trinajstić information content (AvgIpc) is 2.25. The molecule has 5 nitrogen and oxygen atoms in total. The van der Waals surface area contributed by atoms with Gasteiger partial charge in [-0.05, 0) is 12.0 Å². The number of nitro groups is 1. The lowest BCUT2D eigenvalue weighted by molar-refractivity contribution is -0.384. The van der Waals surface area contributed by atoms with Gasteiger partial charge in [-0.3, -0.25) is 10.1 Å². The molecule has 0 fully saturated rings. The highest BCUT2D eigenvalue weighted by Gasteiger charge is 2.03. The summed E-state index contributed by atoms with van der Waals surface area (Å²) in [5.41, 5.74) is 1.04. The molecule has 0 amide bonds. The van der Waals surface area contributed by atoms with E-state index in [9.17, 15) is 10.1 Å². The van der Waals surface area contributed by atoms with Crippen LogP contribution in [0.25, 0.3) is 0 Å². The number of benzene rings is 1. The molecule has 15 heavy (non-hydrogen) atoms. The predicted octanol–water partition coefficient (Wildman–Crippen LogP) is 2.23. The van der Waals surface area contributed by atoms with Gasteiger partial charge in [0.1, 0.15) is 6.26 Å². The van der Waals surface area contributed by atoms with Crippen LogP contribution in [0.5, 0.6) is 0 Å². The van der Waals surface area contributed by atoms with Gasteiger partial charge in [0.05, 0.1) is 11.5 Å². The minimum Gasteiger partial charge on any atom is -0.346 e. The minimum atomic E-state index is -0.429. The smallest absolute Gasteiger partial charge is 0.269 e. The summed E-state index contributed by atoms with van der Waals surface area (Å²) in [7, 11) is 0. The Morgan fingerprint density at radius 3 is 2.60 bits per heavy atom. The monoisotopic (exact) mass is 209 g/mol. The fourth-order valence-corrected chi connectivity index (χ4v) is 1.04. The van der Waals surface area contributed by atoms with E-state index in [0.717, 1.165) is 5.56 Å². The molecule has 0 atom stereocenters. The topological polar surface area (TPSA) is 61.6 Å². The van der Waals surface area contributed by atoms with Crippen molar-refractivity contribution in [3.05, 3.63) is 52.8 Å². The highest BCUT2D eigenvalue weighted by molar-refractivity contribution is 5.32. The third kappa shape index (κ3) is 3.78. The van der Waals surface area contributed by atoms with E-state index >= 15 is 0 Å². The molecule has 1 aromatic carbocycles. The number of hydrogen-bond donors (Lipinski definition) is 0. The van der Waals surface area contributed by atoms with Gasteiger partial charge in [0.25, 0.3) is 5.69 Å². The van der Waals surface area contributed by atoms with Crippen molar-refractivity contribution in [2.45, 2.75) is 6.42 Å². The molecule has 5 heteroatoms. The summed E-state index contributed by atoms with van der Waals surface area (Å²) in [6.07, 6.45) is 1.82. The maximum Gasteiger partial charge on any atom is 0.269 e. The summed E-state index contributed by atoms with van der Waals surface area (Å²) >= 11 is 0. The quantitative estimate of drug-likeness (QED) is 0.237. The zero-order chi connectivity index (χ0) is 11.1. The Hall–Kier alpha value is -1.88. The lowest BCUT2D eigenvalue weighted by Crippen LogP contribution is -1.97. The Morgan fingerprint density at radius 2 is 2.07 bits per heavy atom. The first-order chi connectivity index (χ1) is 7.24. The van der Waals surface area contributed by atoms with E-state index < -0.39 is 4.92 Å². The standard InChI is InChI=1S/C10H11NO4/c1-2-14-15-8-7-9-3-5-10(6-4-9)11(12)13/h2-6H,1,7-8H2. The number of nitrogens with zero attached hydrogens (tertiary/aromatic N) is 1. The summed E-state index contributed by atoms with van der Waals surface area (Å²) in [5.74, 6) is 0. The lowest BCUT2D eigenvalue weighted by Gasteiger charge is -2.00. The Labute approximate surface area is 87.0 Å². The first kappa shape index (κ1) is 11.2. The molecule has 0 aliphatic carbocycles. The van der Waals surface area contributed by atoms with Gasteiger partial charge in [0.2, 0.25) is 0 Å². The van der Waals surface area contributed by atoms with Crippen molar-refractivity contribution >= 4 is 5.69 Å². The van der Waals surface area contributed by atoms with Crippen molar-refractivity contribution in [1.29, 1.82) is 0 Å². The van der Waals surface area contributed by atoms with Crippen LogP contribution in [0.4, 0.5) is 5.69 Å². The van der Waals surface area contributed by atoms with Gasteiger partial charge in [-0.1, -0.05) is 18.7 Å². The Morgan fingerprint density at radius 1 is 1.40 bits per heavy atom. The van der Waals surface area contributed by atoms with Crippen LogP contribution in [0, 0.1) is 10.1 Å². The van der Waals surface area contributed by atoms with Crippen molar-refractivity contribution in [2.75, 3.05) is 6.61 Å². The Kier molecular flexibility index (Phi) is 4.30. The average molecular weight is 209 g/mol. The van der Waals surface area contributed by atoms with E-state index in [1.807, 2.05) is 0 Å². The largest absolute Gasteiger partial charge is 0.346 e. The van der Waals surface area contributed by atoms with E-state index in [1.54, 1.807) is 12.1 Å². The zero-order valence-corrected chi connectivity index (χ0v) is 8.09. The molecule has 0 N–H and O–H groups in total. The predicted molar refractivity (Wildman–Crippen MR) is 54.0 cm³/mol. The molecule has 0 saturated heterocycles. The van der Waals surface area contributed by atoms with E-state index in [-0.39, 0.29) is 5.69 Å². The van der Waals surface area contributed by atoms with Crippen LogP contribution in [0.15, 0.2) is 37.1 Å². The SMILES string of the molecule is C=COOCCc1ccc([N+](=O)[O-])cc1. The fourth-order valence-electron chi connectivity index (χ4n) is 1.04. The highest BCUT2D eigenvalue weighted by atomic mass is 17.2. The van der Waals surface area contributed by atoms with Crippen molar-refractivity contribution in [3.63, 3.8) is 0 Å². The third-order valence-corrected chi connectivity index (χ3v) is 1.76. The number of nitro benzene ring substituents is 1. The summed E-state index contributed by atoms with van der Waals surface area (Å²) in [4.78, 5) is 19.1. The first-order valence-corrected chi connectivity index (χ1v) is 4.36. The Balaban J connectivity index is 2.42. The zero-order valence-electron chi connectivity index (χ0n) is 8.09. The molecule has 0 bridgehead atoms. The van der Waals surface area contributed by atoms with Crippen LogP contribution in [0.2, 0.25) is 0 Å². The fraction of sp³-hybridized carbons (Fsp3) is 0.200. The van der Waals surface area contributed by atoms with Crippen LogP contribution in [-0.4, -0.2) is 11.5 Å². The number of hydrogen-bond acceptors (Lipinski definition) is 4. The molecule has 0 saturated carbocycles. The maximum absolute atomic E-state index is 10.4. The van der Waals surface area contributed by atoms with Crippen molar-refractivity contribution in [2.24, 2.45) is 0 Å². The van der Waals surface area contributed by atoms with Crippen LogP contribution in [0.3, 0.4) is 0 Å². The van der Waals surface area contributed by atoms with Crippen LogP contribution in [-0.2, 0) is 16.2 Å². The number of rotatable bonds is 6. The van der Waals surface area contributed by atoms with Crippen LogP contribution >= 0.6 is 0 Å². The number of non-ortho nitro benzene ring substituents is 1. The van der Waals surface area contributed by atoms with Gasteiger partial charge in [0.15, 0.2) is 0 Å². The van der Waals surface area contributed by atoms with Gasteiger partial charge >= 0.3 is 0 Å². The maximum atomic E-state index is 10.4. The molecule has 0 spiro atoms. The molecular weight excluding hydrogens is 198 g/mol. The van der Waals surface area contributed by atoms with Gasteiger partial charge in [-0.15, -0.1) is 0 Å². The van der Waals surface area contributed by atoms with Gasteiger partial charge in [-0.25, -0.2) is 0 Å². The summed E-state index contributed by atoms with van der Waals surface area (Å²) in [6, 6.07) is 6.30. The summed E-state index contributed by atoms with van der Waals surface area (Å²) in [5, 5.41) is 10.4. The van der Waals surface area contributed by atoms with Gasteiger partial charge < -0.3 is 4.89 Å². The van der Waals surface area contributed by atoms with Crippen LogP contribution < -0.4 is 0 Å². The van der Waals surface area contributed by atoms with Crippen molar-refractivity contribution in [3.8, 4) is 0 Å². The van der Waals surface area contributed by atoms with Crippen molar-refractivity contribution in [1.82, 2.24) is 0 Å². The van der Waals surface area contributed by atoms with Crippen LogP contribution in [0.1, 0.15) is 5.56 Å². The van der Waals surface area contributed by atoms with Gasteiger partial charge in [-0.2, -0.15) is 4.89 Å². The van der Waals surface area contributed by atoms with Crippen molar-refractivity contribution < 1.29 is 14.7 Å². The second-order valence-electron chi connectivity index (χ2n) is 2.76. The third-order valence-electron chi connectivity index (χ3n) is 1.76. The Bertz CT molecular complexity index is 334. The van der Waals surface area contributed by atoms with E-state index in [0.29, 0.717) is 13.0 Å². The molecule has 0 unspecified atom stereocenters. The molecule has 0 heterocycles. The molecule has 0 aliphatic heterocycles. The van der Waals surface area contributed by atoms with E-state index in [1.165, 1.54) is 18.4 Å². The summed E-state index contributed by atoms with van der Waals surface area (Å²) in [6.45, 7) is 3.69. The minimum absolute atomic E-state index is 0.0852. The molecule has 0 radical (unpaired) electrons. The lowest BCUT2D eigenvalue weighted by atomic mass is 10.1. The molecule has 1 aromatic rings.